The molecular formula is C24H32ClN7O3. The van der Waals surface area contributed by atoms with Crippen LogP contribution in [0.3, 0.4) is 0 Å². The zero-order valence-electron chi connectivity index (χ0n) is 20.3. The Kier molecular flexibility index (Phi) is 8.83. The SMILES string of the molecule is CN(C)C(=O)C(C)(NCCC(=O)O)c1ccc2c(c1)nc(CNc1ccc(C(=N)N)cc1)n2C.Cl. The molecule has 35 heavy (non-hydrogen) atoms. The van der Waals surface area contributed by atoms with Gasteiger partial charge < -0.3 is 25.6 Å². The van der Waals surface area contributed by atoms with E-state index in [2.05, 4.69) is 10.6 Å². The van der Waals surface area contributed by atoms with Crippen molar-refractivity contribution in [3.05, 3.63) is 59.4 Å². The molecule has 3 aromatic rings. The summed E-state index contributed by atoms with van der Waals surface area (Å²) < 4.78 is 1.99. The normalized spacial score (nSPS) is 12.5. The predicted molar refractivity (Wildman–Crippen MR) is 139 cm³/mol. The first kappa shape index (κ1) is 27.6. The number of aromatic nitrogens is 2. The van der Waals surface area contributed by atoms with Gasteiger partial charge in [0.15, 0.2) is 0 Å². The van der Waals surface area contributed by atoms with Gasteiger partial charge in [-0.05, 0) is 48.9 Å². The lowest BCUT2D eigenvalue weighted by molar-refractivity contribution is -0.138. The van der Waals surface area contributed by atoms with E-state index in [1.807, 2.05) is 41.9 Å². The highest BCUT2D eigenvalue weighted by atomic mass is 35.5. The number of benzene rings is 2. The fourth-order valence-electron chi connectivity index (χ4n) is 3.84. The predicted octanol–water partition coefficient (Wildman–Crippen LogP) is 2.26. The van der Waals surface area contributed by atoms with Crippen LogP contribution in [0.15, 0.2) is 42.5 Å². The van der Waals surface area contributed by atoms with Crippen LogP contribution in [0, 0.1) is 5.41 Å². The van der Waals surface area contributed by atoms with Crippen LogP contribution >= 0.6 is 12.4 Å². The van der Waals surface area contributed by atoms with Crippen LogP contribution in [0.25, 0.3) is 11.0 Å². The topological polar surface area (TPSA) is 149 Å². The van der Waals surface area contributed by atoms with Gasteiger partial charge in [0.1, 0.15) is 17.2 Å². The molecular weight excluding hydrogens is 470 g/mol. The number of likely N-dealkylation sites (N-methyl/N-ethyl adjacent to an activating group) is 1. The lowest BCUT2D eigenvalue weighted by Crippen LogP contribution is -2.52. The number of carboxylic acids is 1. The largest absolute Gasteiger partial charge is 0.481 e. The summed E-state index contributed by atoms with van der Waals surface area (Å²) in [6, 6.07) is 12.9. The second-order valence-electron chi connectivity index (χ2n) is 8.53. The van der Waals surface area contributed by atoms with E-state index in [-0.39, 0.29) is 37.1 Å². The van der Waals surface area contributed by atoms with Crippen molar-refractivity contribution in [3.8, 4) is 0 Å². The van der Waals surface area contributed by atoms with Crippen LogP contribution < -0.4 is 16.4 Å². The molecule has 6 N–H and O–H groups in total. The zero-order valence-corrected chi connectivity index (χ0v) is 21.1. The number of halogens is 1. The van der Waals surface area contributed by atoms with Crippen LogP contribution in [0.5, 0.6) is 0 Å². The van der Waals surface area contributed by atoms with Gasteiger partial charge in [0.25, 0.3) is 0 Å². The quantitative estimate of drug-likeness (QED) is 0.211. The zero-order chi connectivity index (χ0) is 25.0. The van der Waals surface area contributed by atoms with Crippen LogP contribution in [0.1, 0.15) is 30.3 Å². The standard InChI is InChI=1S/C24H31N7O3.ClH/c1-24(23(34)30(2)3,28-12-11-21(32)33)16-7-10-19-18(13-16)29-20(31(19)4)14-27-17-8-5-15(6-9-17)22(25)26;/h5-10,13,27-28H,11-12,14H2,1-4H3,(H3,25,26)(H,32,33);1H. The summed E-state index contributed by atoms with van der Waals surface area (Å²) in [4.78, 5) is 30.3. The van der Waals surface area contributed by atoms with E-state index in [9.17, 15) is 9.59 Å². The molecule has 0 saturated carbocycles. The van der Waals surface area contributed by atoms with Crippen molar-refractivity contribution in [3.63, 3.8) is 0 Å². The van der Waals surface area contributed by atoms with Crippen LogP contribution in [-0.4, -0.2) is 57.9 Å². The summed E-state index contributed by atoms with van der Waals surface area (Å²) in [6.45, 7) is 2.39. The molecule has 1 heterocycles. The Morgan fingerprint density at radius 2 is 1.86 bits per heavy atom. The molecule has 0 fully saturated rings. The molecule has 0 aliphatic heterocycles. The monoisotopic (exact) mass is 501 g/mol. The molecule has 0 aliphatic rings. The van der Waals surface area contributed by atoms with Gasteiger partial charge in [0.05, 0.1) is 24.0 Å². The molecule has 0 radical (unpaired) electrons. The number of hydrogen-bond acceptors (Lipinski definition) is 6. The maximum atomic E-state index is 13.0. The van der Waals surface area contributed by atoms with Gasteiger partial charge in [0, 0.05) is 38.9 Å². The second-order valence-corrected chi connectivity index (χ2v) is 8.53. The second kappa shape index (κ2) is 11.2. The van der Waals surface area contributed by atoms with E-state index in [0.717, 1.165) is 22.5 Å². The Morgan fingerprint density at radius 1 is 1.20 bits per heavy atom. The van der Waals surface area contributed by atoms with Crippen molar-refractivity contribution >= 4 is 46.8 Å². The molecule has 2 aromatic carbocycles. The number of imidazole rings is 1. The number of nitrogens with two attached hydrogens (primary N) is 1. The highest BCUT2D eigenvalue weighted by molar-refractivity contribution is 5.95. The minimum atomic E-state index is -1.10. The maximum Gasteiger partial charge on any atom is 0.304 e. The van der Waals surface area contributed by atoms with Gasteiger partial charge in [-0.25, -0.2) is 4.98 Å². The Labute approximate surface area is 210 Å². The van der Waals surface area contributed by atoms with Gasteiger partial charge in [-0.15, -0.1) is 12.4 Å². The number of carbonyl (C=O) groups excluding carboxylic acids is 1. The smallest absolute Gasteiger partial charge is 0.304 e. The molecule has 11 heteroatoms. The summed E-state index contributed by atoms with van der Waals surface area (Å²) in [5, 5.41) is 22.9. The first-order valence-electron chi connectivity index (χ1n) is 10.9. The molecule has 1 unspecified atom stereocenters. The lowest BCUT2D eigenvalue weighted by Gasteiger charge is -2.32. The van der Waals surface area contributed by atoms with E-state index >= 15 is 0 Å². The first-order valence-corrected chi connectivity index (χ1v) is 10.9. The van der Waals surface area contributed by atoms with Crippen molar-refractivity contribution in [1.82, 2.24) is 19.8 Å². The third kappa shape index (κ3) is 6.09. The highest BCUT2D eigenvalue weighted by Crippen LogP contribution is 2.27. The molecule has 3 rings (SSSR count). The Bertz CT molecular complexity index is 1220. The molecule has 188 valence electrons. The molecule has 10 nitrogen and oxygen atoms in total. The average Bonchev–Trinajstić information content (AvgIpc) is 3.11. The van der Waals surface area contributed by atoms with Crippen LogP contribution in [-0.2, 0) is 28.7 Å². The van der Waals surface area contributed by atoms with Gasteiger partial charge >= 0.3 is 5.97 Å². The number of anilines is 1. The number of rotatable bonds is 10. The van der Waals surface area contributed by atoms with Gasteiger partial charge in [-0.1, -0.05) is 6.07 Å². The third-order valence-corrected chi connectivity index (χ3v) is 5.85. The molecule has 0 bridgehead atoms. The summed E-state index contributed by atoms with van der Waals surface area (Å²) >= 11 is 0. The number of nitrogens with zero attached hydrogens (tertiary/aromatic N) is 3. The average molecular weight is 502 g/mol. The number of nitrogen functional groups attached to an aromatic ring is 1. The minimum absolute atomic E-state index is 0. The van der Waals surface area contributed by atoms with E-state index in [0.29, 0.717) is 17.7 Å². The van der Waals surface area contributed by atoms with Crippen molar-refractivity contribution in [2.24, 2.45) is 12.8 Å². The summed E-state index contributed by atoms with van der Waals surface area (Å²) in [5.41, 5.74) is 8.31. The number of amidine groups is 1. The fraction of sp³-hybridized carbons (Fsp3) is 0.333. The number of nitrogens with one attached hydrogen (secondary N) is 3. The number of carbonyl (C=O) groups is 2. The molecule has 0 aliphatic carbocycles. The van der Waals surface area contributed by atoms with E-state index in [1.54, 1.807) is 33.2 Å². The van der Waals surface area contributed by atoms with Gasteiger partial charge in [0.2, 0.25) is 5.91 Å². The van der Waals surface area contributed by atoms with Crippen molar-refractivity contribution in [2.75, 3.05) is 26.0 Å². The van der Waals surface area contributed by atoms with Crippen LogP contribution in [0.2, 0.25) is 0 Å². The van der Waals surface area contributed by atoms with Crippen molar-refractivity contribution in [1.29, 1.82) is 5.41 Å². The van der Waals surface area contributed by atoms with Gasteiger partial charge in [-0.3, -0.25) is 20.3 Å². The fourth-order valence-corrected chi connectivity index (χ4v) is 3.84. The number of hydrogen-bond donors (Lipinski definition) is 5. The number of carboxylic acid groups (broad SMARTS) is 1. The highest BCUT2D eigenvalue weighted by Gasteiger charge is 2.36. The van der Waals surface area contributed by atoms with Gasteiger partial charge in [-0.2, -0.15) is 0 Å². The summed E-state index contributed by atoms with van der Waals surface area (Å²) in [6.07, 6.45) is -0.0919. The lowest BCUT2D eigenvalue weighted by atomic mass is 9.90. The molecule has 1 atom stereocenters. The van der Waals surface area contributed by atoms with Crippen molar-refractivity contribution < 1.29 is 14.7 Å². The van der Waals surface area contributed by atoms with E-state index in [1.165, 1.54) is 4.90 Å². The Balaban J connectivity index is 0.00000432. The minimum Gasteiger partial charge on any atom is -0.481 e. The number of aryl methyl sites for hydroxylation is 1. The summed E-state index contributed by atoms with van der Waals surface area (Å²) in [7, 11) is 5.27. The Hall–Kier alpha value is -3.63. The number of amides is 1. The molecule has 1 aromatic heterocycles. The summed E-state index contributed by atoms with van der Waals surface area (Å²) in [5.74, 6) is -0.276. The number of aliphatic carboxylic acids is 1. The van der Waals surface area contributed by atoms with E-state index < -0.39 is 11.5 Å². The molecule has 1 amide bonds. The molecule has 0 saturated heterocycles. The van der Waals surface area contributed by atoms with E-state index in [4.69, 9.17) is 21.2 Å². The third-order valence-electron chi connectivity index (χ3n) is 5.85. The Morgan fingerprint density at radius 3 is 2.43 bits per heavy atom. The molecule has 0 spiro atoms. The number of fused-ring (bicyclic) bond motifs is 1. The van der Waals surface area contributed by atoms with Crippen LogP contribution in [0.4, 0.5) is 5.69 Å². The van der Waals surface area contributed by atoms with Crippen molar-refractivity contribution in [2.45, 2.75) is 25.4 Å². The maximum absolute atomic E-state index is 13.0. The first-order chi connectivity index (χ1) is 16.0.